The minimum Gasteiger partial charge on any atom is -0.320 e. The summed E-state index contributed by atoms with van der Waals surface area (Å²) in [5.41, 5.74) is -1.40. The van der Waals surface area contributed by atoms with Crippen LogP contribution in [0.1, 0.15) is 16.1 Å². The first-order valence-electron chi connectivity index (χ1n) is 7.22. The van der Waals surface area contributed by atoms with Crippen LogP contribution in [0.4, 0.5) is 18.9 Å². The molecule has 3 aromatic rings. The van der Waals surface area contributed by atoms with Crippen molar-refractivity contribution in [3.8, 4) is 0 Å². The number of hydrogen-bond acceptors (Lipinski definition) is 3. The van der Waals surface area contributed by atoms with Gasteiger partial charge < -0.3 is 5.32 Å². The van der Waals surface area contributed by atoms with Crippen molar-refractivity contribution in [2.45, 2.75) is 6.18 Å². The molecule has 0 saturated heterocycles. The van der Waals surface area contributed by atoms with E-state index in [-0.39, 0.29) is 5.69 Å². The summed E-state index contributed by atoms with van der Waals surface area (Å²) in [6, 6.07) is 10.8. The second-order valence-corrected chi connectivity index (χ2v) is 5.35. The van der Waals surface area contributed by atoms with Crippen molar-refractivity contribution < 1.29 is 18.0 Å². The van der Waals surface area contributed by atoms with Gasteiger partial charge in [0.1, 0.15) is 0 Å². The highest BCUT2D eigenvalue weighted by Gasteiger charge is 2.30. The molecule has 0 aliphatic rings. The average Bonchev–Trinajstić information content (AvgIpc) is 2.57. The number of anilines is 1. The molecule has 1 heterocycles. The zero-order chi connectivity index (χ0) is 18.2. The number of hydrogen-bond donors (Lipinski definition) is 1. The van der Waals surface area contributed by atoms with Gasteiger partial charge in [0.05, 0.1) is 11.1 Å². The molecule has 1 amide bonds. The standard InChI is InChI=1S/C17H12F3N3O2/c1-23-13-8-3-2-7-12(13)15(24)14(22-23)16(25)21-11-6-4-5-10(9-11)17(18,19)20/h2-9H,1H3,(H,21,25). The van der Waals surface area contributed by atoms with Crippen LogP contribution in [0.5, 0.6) is 0 Å². The molecule has 5 nitrogen and oxygen atoms in total. The van der Waals surface area contributed by atoms with Crippen LogP contribution in [0, 0.1) is 0 Å². The van der Waals surface area contributed by atoms with Gasteiger partial charge in [-0.1, -0.05) is 18.2 Å². The van der Waals surface area contributed by atoms with Crippen LogP contribution in [0.2, 0.25) is 0 Å². The van der Waals surface area contributed by atoms with E-state index in [9.17, 15) is 22.8 Å². The Morgan fingerprint density at radius 1 is 1.12 bits per heavy atom. The molecule has 0 radical (unpaired) electrons. The SMILES string of the molecule is Cn1nc(C(=O)Nc2cccc(C(F)(F)F)c2)c(=O)c2ccccc21. The third-order valence-electron chi connectivity index (χ3n) is 3.63. The second kappa shape index (κ2) is 6.04. The van der Waals surface area contributed by atoms with E-state index in [0.29, 0.717) is 10.9 Å². The number of nitrogens with one attached hydrogen (secondary N) is 1. The molecule has 0 saturated carbocycles. The molecule has 0 aliphatic heterocycles. The van der Waals surface area contributed by atoms with Crippen molar-refractivity contribution >= 4 is 22.5 Å². The number of carbonyl (C=O) groups excluding carboxylic acids is 1. The van der Waals surface area contributed by atoms with Crippen LogP contribution >= 0.6 is 0 Å². The lowest BCUT2D eigenvalue weighted by Gasteiger charge is -2.10. The van der Waals surface area contributed by atoms with Gasteiger partial charge in [-0.3, -0.25) is 14.3 Å². The number of aryl methyl sites for hydroxylation is 1. The van der Waals surface area contributed by atoms with Crippen LogP contribution in [-0.4, -0.2) is 15.7 Å². The lowest BCUT2D eigenvalue weighted by molar-refractivity contribution is -0.137. The summed E-state index contributed by atoms with van der Waals surface area (Å²) >= 11 is 0. The molecular weight excluding hydrogens is 335 g/mol. The lowest BCUT2D eigenvalue weighted by atomic mass is 10.1. The number of aromatic nitrogens is 2. The molecule has 1 aromatic heterocycles. The molecule has 8 heteroatoms. The fourth-order valence-electron chi connectivity index (χ4n) is 2.44. The molecular formula is C17H12F3N3O2. The van der Waals surface area contributed by atoms with Gasteiger partial charge in [0.15, 0.2) is 5.69 Å². The normalized spacial score (nSPS) is 11.5. The Hall–Kier alpha value is -3.16. The third kappa shape index (κ3) is 3.23. The minimum absolute atomic E-state index is 0.0724. The summed E-state index contributed by atoms with van der Waals surface area (Å²) < 4.78 is 39.6. The summed E-state index contributed by atoms with van der Waals surface area (Å²) in [5.74, 6) is -0.870. The summed E-state index contributed by atoms with van der Waals surface area (Å²) in [7, 11) is 1.57. The maximum atomic E-state index is 12.7. The lowest BCUT2D eigenvalue weighted by Crippen LogP contribution is -2.26. The van der Waals surface area contributed by atoms with E-state index in [1.165, 1.54) is 16.8 Å². The largest absolute Gasteiger partial charge is 0.416 e. The number of benzene rings is 2. The van der Waals surface area contributed by atoms with E-state index in [1.54, 1.807) is 31.3 Å². The number of amides is 1. The van der Waals surface area contributed by atoms with Gasteiger partial charge in [0.25, 0.3) is 5.91 Å². The van der Waals surface area contributed by atoms with Gasteiger partial charge in [0, 0.05) is 18.1 Å². The van der Waals surface area contributed by atoms with E-state index in [2.05, 4.69) is 10.4 Å². The predicted octanol–water partition coefficient (Wildman–Crippen LogP) is 3.20. The highest BCUT2D eigenvalue weighted by molar-refractivity contribution is 6.04. The molecule has 0 spiro atoms. The fraction of sp³-hybridized carbons (Fsp3) is 0.118. The molecule has 0 unspecified atom stereocenters. The van der Waals surface area contributed by atoms with E-state index in [4.69, 9.17) is 0 Å². The molecule has 25 heavy (non-hydrogen) atoms. The Balaban J connectivity index is 1.99. The van der Waals surface area contributed by atoms with Gasteiger partial charge in [0.2, 0.25) is 5.43 Å². The molecule has 128 valence electrons. The topological polar surface area (TPSA) is 64.0 Å². The Bertz CT molecular complexity index is 1030. The van der Waals surface area contributed by atoms with E-state index in [1.807, 2.05) is 0 Å². The first-order valence-corrected chi connectivity index (χ1v) is 7.22. The molecule has 3 rings (SSSR count). The van der Waals surface area contributed by atoms with E-state index < -0.39 is 28.8 Å². The van der Waals surface area contributed by atoms with Gasteiger partial charge >= 0.3 is 6.18 Å². The van der Waals surface area contributed by atoms with E-state index in [0.717, 1.165) is 12.1 Å². The number of para-hydroxylation sites is 1. The van der Waals surface area contributed by atoms with Crippen LogP contribution in [0.3, 0.4) is 0 Å². The first kappa shape index (κ1) is 16.7. The van der Waals surface area contributed by atoms with Gasteiger partial charge in [-0.25, -0.2) is 0 Å². The monoisotopic (exact) mass is 347 g/mol. The van der Waals surface area contributed by atoms with Crippen molar-refractivity contribution in [1.82, 2.24) is 9.78 Å². The fourth-order valence-corrected chi connectivity index (χ4v) is 2.44. The number of halogens is 3. The van der Waals surface area contributed by atoms with E-state index >= 15 is 0 Å². The Kier molecular flexibility index (Phi) is 4.03. The molecule has 0 atom stereocenters. The number of carbonyl (C=O) groups is 1. The summed E-state index contributed by atoms with van der Waals surface area (Å²) in [6.45, 7) is 0. The number of fused-ring (bicyclic) bond motifs is 1. The maximum Gasteiger partial charge on any atom is 0.416 e. The second-order valence-electron chi connectivity index (χ2n) is 5.35. The number of alkyl halides is 3. The van der Waals surface area contributed by atoms with Crippen LogP contribution < -0.4 is 10.7 Å². The average molecular weight is 347 g/mol. The van der Waals surface area contributed by atoms with Crippen molar-refractivity contribution in [2.75, 3.05) is 5.32 Å². The summed E-state index contributed by atoms with van der Waals surface area (Å²) in [6.07, 6.45) is -4.53. The maximum absolute atomic E-state index is 12.7. The minimum atomic E-state index is -4.53. The number of rotatable bonds is 2. The Morgan fingerprint density at radius 2 is 1.84 bits per heavy atom. The smallest absolute Gasteiger partial charge is 0.320 e. The summed E-state index contributed by atoms with van der Waals surface area (Å²) in [5, 5.41) is 6.53. The van der Waals surface area contributed by atoms with Crippen LogP contribution in [0.15, 0.2) is 53.3 Å². The molecule has 0 aliphatic carbocycles. The van der Waals surface area contributed by atoms with Gasteiger partial charge in [-0.15, -0.1) is 0 Å². The Morgan fingerprint density at radius 3 is 2.56 bits per heavy atom. The summed E-state index contributed by atoms with van der Waals surface area (Å²) in [4.78, 5) is 24.7. The third-order valence-corrected chi connectivity index (χ3v) is 3.63. The highest BCUT2D eigenvalue weighted by atomic mass is 19.4. The van der Waals surface area contributed by atoms with Crippen LogP contribution in [-0.2, 0) is 13.2 Å². The van der Waals surface area contributed by atoms with Gasteiger partial charge in [-0.2, -0.15) is 18.3 Å². The quantitative estimate of drug-likeness (QED) is 0.774. The molecule has 2 aromatic carbocycles. The molecule has 1 N–H and O–H groups in total. The Labute approximate surface area is 139 Å². The van der Waals surface area contributed by atoms with Gasteiger partial charge in [-0.05, 0) is 30.3 Å². The van der Waals surface area contributed by atoms with Crippen molar-refractivity contribution in [3.63, 3.8) is 0 Å². The first-order chi connectivity index (χ1) is 11.8. The zero-order valence-electron chi connectivity index (χ0n) is 13.0. The van der Waals surface area contributed by atoms with Crippen molar-refractivity contribution in [2.24, 2.45) is 7.05 Å². The zero-order valence-corrected chi connectivity index (χ0v) is 13.0. The molecule has 0 fully saturated rings. The number of nitrogens with zero attached hydrogens (tertiary/aromatic N) is 2. The highest BCUT2D eigenvalue weighted by Crippen LogP contribution is 2.30. The molecule has 0 bridgehead atoms. The predicted molar refractivity (Wildman–Crippen MR) is 86.4 cm³/mol. The van der Waals surface area contributed by atoms with Crippen LogP contribution in [0.25, 0.3) is 10.9 Å². The van der Waals surface area contributed by atoms with Crippen molar-refractivity contribution in [1.29, 1.82) is 0 Å². The van der Waals surface area contributed by atoms with Crippen molar-refractivity contribution in [3.05, 3.63) is 70.0 Å².